The zero-order valence-electron chi connectivity index (χ0n) is 33.8. The molecule has 10 atom stereocenters. The third-order valence-electron chi connectivity index (χ3n) is 11.3. The van der Waals surface area contributed by atoms with E-state index in [1.807, 2.05) is 41.5 Å². The summed E-state index contributed by atoms with van der Waals surface area (Å²) in [6.07, 6.45) is 0.214. The number of likely N-dealkylation sites (N-methyl/N-ethyl adjacent to an activating group) is 2. The molecule has 0 aromatic heterocycles. The number of benzene rings is 1. The molecule has 4 amide bonds. The Morgan fingerprint density at radius 3 is 2.15 bits per heavy atom. The Bertz CT molecular complexity index is 1520. The van der Waals surface area contributed by atoms with Crippen molar-refractivity contribution >= 4 is 35.3 Å². The largest absolute Gasteiger partial charge is 0.477 e. The number of amides is 4. The zero-order valence-corrected chi connectivity index (χ0v) is 33.8. The first-order valence-electron chi connectivity index (χ1n) is 19.1. The van der Waals surface area contributed by atoms with Crippen LogP contribution in [0.15, 0.2) is 29.3 Å². The van der Waals surface area contributed by atoms with Crippen LogP contribution in [0.4, 0.5) is 4.39 Å². The number of hydrogen-bond donors (Lipinski definition) is 3. The number of fused-ring (bicyclic) bond motifs is 1. The van der Waals surface area contributed by atoms with Crippen molar-refractivity contribution in [2.45, 2.75) is 123 Å². The minimum Gasteiger partial charge on any atom is -0.477 e. The molecule has 1 aliphatic heterocycles. The van der Waals surface area contributed by atoms with Gasteiger partial charge in [0.2, 0.25) is 17.7 Å². The van der Waals surface area contributed by atoms with Gasteiger partial charge < -0.3 is 35.0 Å². The topological polar surface area (TPSA) is 167 Å². The van der Waals surface area contributed by atoms with Crippen molar-refractivity contribution in [3.8, 4) is 0 Å². The highest BCUT2D eigenvalue weighted by Crippen LogP contribution is 2.50. The molecule has 14 heteroatoms. The quantitative estimate of drug-likeness (QED) is 0.168. The highest BCUT2D eigenvalue weighted by molar-refractivity contribution is 6.37. The van der Waals surface area contributed by atoms with Gasteiger partial charge in [0.1, 0.15) is 17.6 Å². The van der Waals surface area contributed by atoms with E-state index in [0.29, 0.717) is 12.8 Å². The number of likely N-dealkylation sites (tertiary alicyclic amines) is 1. The molecule has 1 heterocycles. The van der Waals surface area contributed by atoms with E-state index >= 15 is 0 Å². The second-order valence-electron chi connectivity index (χ2n) is 15.7. The molecule has 2 fully saturated rings. The highest BCUT2D eigenvalue weighted by Gasteiger charge is 2.57. The van der Waals surface area contributed by atoms with Gasteiger partial charge >= 0.3 is 5.97 Å². The van der Waals surface area contributed by atoms with Crippen LogP contribution in [0.5, 0.6) is 0 Å². The van der Waals surface area contributed by atoms with Crippen LogP contribution in [0.25, 0.3) is 0 Å². The lowest BCUT2D eigenvalue weighted by molar-refractivity contribution is -0.148. The maximum atomic E-state index is 14.3. The van der Waals surface area contributed by atoms with Crippen LogP contribution in [0.2, 0.25) is 0 Å². The van der Waals surface area contributed by atoms with Crippen molar-refractivity contribution in [3.05, 3.63) is 35.6 Å². The maximum Gasteiger partial charge on any atom is 0.350 e. The first-order chi connectivity index (χ1) is 25.4. The Morgan fingerprint density at radius 1 is 1.00 bits per heavy atom. The van der Waals surface area contributed by atoms with Gasteiger partial charge in [0, 0.05) is 33.7 Å². The number of carbonyl (C=O) groups is 5. The molecule has 1 saturated heterocycles. The molecule has 0 bridgehead atoms. The van der Waals surface area contributed by atoms with Gasteiger partial charge in [0.25, 0.3) is 5.91 Å². The number of aliphatic carboxylic acids is 1. The minimum atomic E-state index is -1.43. The van der Waals surface area contributed by atoms with Gasteiger partial charge in [-0.05, 0) is 55.2 Å². The fourth-order valence-corrected chi connectivity index (χ4v) is 7.96. The molecule has 1 saturated carbocycles. The number of ether oxygens (including phenoxy) is 2. The summed E-state index contributed by atoms with van der Waals surface area (Å²) in [6.45, 7) is 13.2. The molecule has 3 N–H and O–H groups in total. The maximum absolute atomic E-state index is 14.3. The Morgan fingerprint density at radius 2 is 1.63 bits per heavy atom. The molecule has 0 spiro atoms. The summed E-state index contributed by atoms with van der Waals surface area (Å²) in [6, 6.07) is 3.40. The molecule has 1 aromatic carbocycles. The number of carboxylic acid groups (broad SMARTS) is 1. The summed E-state index contributed by atoms with van der Waals surface area (Å²) in [5.74, 6) is -4.48. The Balaban J connectivity index is 1.84. The van der Waals surface area contributed by atoms with E-state index in [-0.39, 0.29) is 65.8 Å². The SMILES string of the molecule is CC[C@H](C)[C@@H]([C@@H](CC(=O)N1[C@H](C(OC)[C@@H](C)C(=O)N=C(Cc2ccccc2F)C(=O)O)C[C@@H]2C[C@@H]21)OC)N(C)C(=O)[C@@H](NC(=O)[C@@H](NC)C(C)C)C(C)C. The number of rotatable bonds is 20. The fourth-order valence-electron chi connectivity index (χ4n) is 7.96. The first-order valence-corrected chi connectivity index (χ1v) is 19.1. The van der Waals surface area contributed by atoms with E-state index < -0.39 is 65.7 Å². The summed E-state index contributed by atoms with van der Waals surface area (Å²) in [5.41, 5.74) is -0.392. The first kappa shape index (κ1) is 44.6. The van der Waals surface area contributed by atoms with Crippen molar-refractivity contribution in [1.29, 1.82) is 0 Å². The van der Waals surface area contributed by atoms with Gasteiger partial charge in [-0.15, -0.1) is 0 Å². The van der Waals surface area contributed by atoms with Crippen LogP contribution >= 0.6 is 0 Å². The predicted molar refractivity (Wildman–Crippen MR) is 203 cm³/mol. The highest BCUT2D eigenvalue weighted by atomic mass is 19.1. The minimum absolute atomic E-state index is 0.00667. The van der Waals surface area contributed by atoms with Crippen LogP contribution in [-0.2, 0) is 39.9 Å². The van der Waals surface area contributed by atoms with Crippen molar-refractivity contribution in [1.82, 2.24) is 20.4 Å². The molecule has 13 nitrogen and oxygen atoms in total. The molecule has 0 radical (unpaired) electrons. The number of methoxy groups -OCH3 is 2. The van der Waals surface area contributed by atoms with E-state index in [9.17, 15) is 33.5 Å². The van der Waals surface area contributed by atoms with Crippen molar-refractivity contribution in [2.75, 3.05) is 28.3 Å². The van der Waals surface area contributed by atoms with Crippen molar-refractivity contribution < 1.29 is 42.9 Å². The zero-order chi connectivity index (χ0) is 40.6. The van der Waals surface area contributed by atoms with Crippen LogP contribution in [0.1, 0.15) is 79.7 Å². The average molecular weight is 760 g/mol. The Hall–Kier alpha value is -3.75. The number of carboxylic acids is 1. The summed E-state index contributed by atoms with van der Waals surface area (Å²) in [5, 5.41) is 15.8. The lowest BCUT2D eigenvalue weighted by atomic mass is 9.89. The molecule has 1 aromatic rings. The summed E-state index contributed by atoms with van der Waals surface area (Å²) >= 11 is 0. The lowest BCUT2D eigenvalue weighted by Gasteiger charge is -2.41. The van der Waals surface area contributed by atoms with Gasteiger partial charge in [-0.3, -0.25) is 19.2 Å². The second kappa shape index (κ2) is 19.7. The molecular weight excluding hydrogens is 697 g/mol. The Kier molecular flexibility index (Phi) is 16.3. The molecule has 54 heavy (non-hydrogen) atoms. The van der Waals surface area contributed by atoms with Crippen LogP contribution < -0.4 is 10.6 Å². The van der Waals surface area contributed by atoms with Crippen molar-refractivity contribution in [3.63, 3.8) is 0 Å². The number of aliphatic imine (C=N–C) groups is 1. The predicted octanol–water partition coefficient (Wildman–Crippen LogP) is 3.72. The number of nitrogens with zero attached hydrogens (tertiary/aromatic N) is 3. The average Bonchev–Trinajstić information content (AvgIpc) is 3.78. The van der Waals surface area contributed by atoms with E-state index in [2.05, 4.69) is 15.6 Å². The van der Waals surface area contributed by atoms with Crippen LogP contribution in [-0.4, -0.2) is 121 Å². The summed E-state index contributed by atoms with van der Waals surface area (Å²) in [7, 11) is 6.37. The van der Waals surface area contributed by atoms with E-state index in [0.717, 1.165) is 6.42 Å². The summed E-state index contributed by atoms with van der Waals surface area (Å²) in [4.78, 5) is 74.5. The van der Waals surface area contributed by atoms with Gasteiger partial charge in [-0.25, -0.2) is 14.2 Å². The third-order valence-corrected chi connectivity index (χ3v) is 11.3. The molecule has 2 aliphatic rings. The van der Waals surface area contributed by atoms with Gasteiger partial charge in [-0.1, -0.05) is 73.1 Å². The fraction of sp³-hybridized carbons (Fsp3) is 0.700. The molecule has 3 rings (SSSR count). The number of carbonyl (C=O) groups excluding carboxylic acids is 4. The van der Waals surface area contributed by atoms with Crippen LogP contribution in [0, 0.1) is 35.4 Å². The van der Waals surface area contributed by atoms with Gasteiger partial charge in [0.05, 0.1) is 42.7 Å². The monoisotopic (exact) mass is 759 g/mol. The number of nitrogens with one attached hydrogen (secondary N) is 2. The van der Waals surface area contributed by atoms with Crippen molar-refractivity contribution in [2.24, 2.45) is 34.6 Å². The van der Waals surface area contributed by atoms with Gasteiger partial charge in [-0.2, -0.15) is 0 Å². The van der Waals surface area contributed by atoms with Gasteiger partial charge in [0.15, 0.2) is 0 Å². The standard InChI is InChI=1S/C40H62FN5O8/c1-12-23(6)35(45(9)39(50)34(22(4)5)44-38(49)33(42-8)21(2)3)31(53-10)20-32(47)46-29-18-26(29)19-30(46)36(54-11)24(7)37(48)43-28(40(51)52)17-25-15-13-14-16-27(25)41/h13-16,21-24,26,29-31,33-36,42H,12,17-20H2,1-11H3,(H,44,49)(H,51,52)/t23-,24+,26-,29-,30-,31+,33-,34-,35-,36?/m0/s1. The molecule has 1 aliphatic carbocycles. The molecule has 1 unspecified atom stereocenters. The smallest absolute Gasteiger partial charge is 0.350 e. The van der Waals surface area contributed by atoms with E-state index in [1.54, 1.807) is 36.9 Å². The summed E-state index contributed by atoms with van der Waals surface area (Å²) < 4.78 is 26.2. The third kappa shape index (κ3) is 10.5. The Labute approximate surface area is 319 Å². The lowest BCUT2D eigenvalue weighted by Crippen LogP contribution is -2.59. The van der Waals surface area contributed by atoms with E-state index in [1.165, 1.54) is 32.4 Å². The normalized spacial score (nSPS) is 22.1. The molecular formula is C40H62FN5O8. The molecule has 302 valence electrons. The number of piperidine rings is 1. The number of halogens is 1. The number of hydrogen-bond acceptors (Lipinski definition) is 8. The van der Waals surface area contributed by atoms with E-state index in [4.69, 9.17) is 9.47 Å². The second-order valence-corrected chi connectivity index (χ2v) is 15.7. The van der Waals surface area contributed by atoms with Crippen LogP contribution in [0.3, 0.4) is 0 Å².